The van der Waals surface area contributed by atoms with Crippen molar-refractivity contribution in [2.75, 3.05) is 12.0 Å². The Bertz CT molecular complexity index is 1270. The predicted molar refractivity (Wildman–Crippen MR) is 115 cm³/mol. The van der Waals surface area contributed by atoms with Crippen molar-refractivity contribution in [1.29, 1.82) is 0 Å². The van der Waals surface area contributed by atoms with Gasteiger partial charge in [-0.1, -0.05) is 18.2 Å². The molecule has 8 heteroatoms. The summed E-state index contributed by atoms with van der Waals surface area (Å²) in [6, 6.07) is 12.7. The molecule has 0 spiro atoms. The molecule has 2 N–H and O–H groups in total. The molecule has 1 aliphatic heterocycles. The number of carbonyl (C=O) groups excluding carboxylic acids is 1. The molecule has 4 rings (SSSR count). The van der Waals surface area contributed by atoms with Crippen molar-refractivity contribution < 1.29 is 17.9 Å². The Morgan fingerprint density at radius 1 is 1.27 bits per heavy atom. The number of pyridine rings is 1. The zero-order valence-electron chi connectivity index (χ0n) is 17.0. The Kier molecular flexibility index (Phi) is 4.99. The molecule has 156 valence electrons. The molecule has 1 aromatic heterocycles. The van der Waals surface area contributed by atoms with Gasteiger partial charge in [0.15, 0.2) is 0 Å². The first kappa shape index (κ1) is 20.3. The van der Waals surface area contributed by atoms with E-state index < -0.39 is 16.0 Å². The Balaban J connectivity index is 1.81. The van der Waals surface area contributed by atoms with Gasteiger partial charge in [0.05, 0.1) is 35.3 Å². The number of rotatable bonds is 4. The van der Waals surface area contributed by atoms with Crippen LogP contribution in [0.15, 0.2) is 47.4 Å². The number of sulfonamides is 1. The van der Waals surface area contributed by atoms with Gasteiger partial charge in [0.2, 0.25) is 10.0 Å². The van der Waals surface area contributed by atoms with Gasteiger partial charge in [0.1, 0.15) is 0 Å². The Morgan fingerprint density at radius 3 is 2.70 bits per heavy atom. The summed E-state index contributed by atoms with van der Waals surface area (Å²) >= 11 is 0. The van der Waals surface area contributed by atoms with Crippen molar-refractivity contribution in [3.05, 3.63) is 64.8 Å². The van der Waals surface area contributed by atoms with Gasteiger partial charge in [-0.3, -0.25) is 4.98 Å². The molecule has 0 aliphatic carbocycles. The second kappa shape index (κ2) is 7.37. The molecule has 0 fully saturated rings. The lowest BCUT2D eigenvalue weighted by atomic mass is 10.0. The first-order valence-electron chi connectivity index (χ1n) is 9.59. The maximum absolute atomic E-state index is 12.6. The fourth-order valence-corrected chi connectivity index (χ4v) is 4.74. The van der Waals surface area contributed by atoms with E-state index in [1.54, 1.807) is 12.1 Å². The average molecular weight is 426 g/mol. The fraction of sp³-hybridized carbons (Fsp3) is 0.273. The third kappa shape index (κ3) is 3.42. The second-order valence-corrected chi connectivity index (χ2v) is 9.15. The molecule has 2 heterocycles. The van der Waals surface area contributed by atoms with Gasteiger partial charge >= 0.3 is 5.97 Å². The second-order valence-electron chi connectivity index (χ2n) is 7.58. The van der Waals surface area contributed by atoms with Crippen molar-refractivity contribution in [2.45, 2.75) is 37.8 Å². The van der Waals surface area contributed by atoms with Crippen LogP contribution in [0.5, 0.6) is 0 Å². The van der Waals surface area contributed by atoms with Crippen molar-refractivity contribution in [1.82, 2.24) is 4.98 Å². The number of benzene rings is 2. The largest absolute Gasteiger partial charge is 0.465 e. The smallest absolute Gasteiger partial charge is 0.340 e. The zero-order chi connectivity index (χ0) is 21.6. The van der Waals surface area contributed by atoms with Gasteiger partial charge in [-0.05, 0) is 55.7 Å². The summed E-state index contributed by atoms with van der Waals surface area (Å²) in [6.45, 7) is 4.36. The van der Waals surface area contributed by atoms with Gasteiger partial charge in [0.25, 0.3) is 0 Å². The summed E-state index contributed by atoms with van der Waals surface area (Å²) in [4.78, 5) is 19.6. The van der Waals surface area contributed by atoms with E-state index in [0.29, 0.717) is 24.2 Å². The van der Waals surface area contributed by atoms with Gasteiger partial charge < -0.3 is 9.64 Å². The first-order valence-corrected chi connectivity index (χ1v) is 11.1. The topological polar surface area (TPSA) is 103 Å². The number of nitrogens with zero attached hydrogens (tertiary/aromatic N) is 2. The summed E-state index contributed by atoms with van der Waals surface area (Å²) in [5.41, 5.74) is 4.57. The minimum absolute atomic E-state index is 0.102. The minimum atomic E-state index is -3.76. The fourth-order valence-electron chi connectivity index (χ4n) is 4.18. The Labute approximate surface area is 175 Å². The number of fused-ring (bicyclic) bond motifs is 2. The van der Waals surface area contributed by atoms with E-state index in [2.05, 4.69) is 11.8 Å². The lowest BCUT2D eigenvalue weighted by Gasteiger charge is -2.26. The number of nitrogens with two attached hydrogens (primary N) is 1. The molecule has 0 unspecified atom stereocenters. The van der Waals surface area contributed by atoms with E-state index in [1.165, 1.54) is 13.2 Å². The van der Waals surface area contributed by atoms with E-state index in [4.69, 9.17) is 14.9 Å². The highest BCUT2D eigenvalue weighted by molar-refractivity contribution is 7.89. The normalized spacial score (nSPS) is 16.0. The first-order chi connectivity index (χ1) is 14.2. The maximum atomic E-state index is 12.6. The SMILES string of the molecule is COC(=O)c1c(CN2c3ccc(S(N)(=O)=O)cc3C[C@@H]2C)nc2ccccc2c1C. The standard InChI is InChI=1S/C22H23N3O4S/c1-13-10-15-11-16(30(23,27)28)8-9-20(15)25(13)12-19-21(22(26)29-3)14(2)17-6-4-5-7-18(17)24-19/h4-9,11,13H,10,12H2,1-3H3,(H2,23,27,28)/t13-/m0/s1. The van der Waals surface area contributed by atoms with E-state index >= 15 is 0 Å². The van der Waals surface area contributed by atoms with Crippen LogP contribution in [0.2, 0.25) is 0 Å². The van der Waals surface area contributed by atoms with Crippen molar-refractivity contribution in [2.24, 2.45) is 5.14 Å². The number of para-hydroxylation sites is 1. The molecule has 30 heavy (non-hydrogen) atoms. The van der Waals surface area contributed by atoms with Crippen LogP contribution in [0.1, 0.15) is 34.1 Å². The van der Waals surface area contributed by atoms with E-state index in [1.807, 2.05) is 31.2 Å². The maximum Gasteiger partial charge on any atom is 0.340 e. The highest BCUT2D eigenvalue weighted by Crippen LogP contribution is 2.36. The number of esters is 1. The molecule has 1 atom stereocenters. The summed E-state index contributed by atoms with van der Waals surface area (Å²) in [6.07, 6.45) is 0.679. The molecule has 0 radical (unpaired) electrons. The molecular formula is C22H23N3O4S. The summed E-state index contributed by atoms with van der Waals surface area (Å²) in [5.74, 6) is -0.419. The molecule has 0 saturated carbocycles. The third-order valence-corrected chi connectivity index (χ3v) is 6.58. The molecular weight excluding hydrogens is 402 g/mol. The van der Waals surface area contributed by atoms with Crippen LogP contribution < -0.4 is 10.0 Å². The quantitative estimate of drug-likeness (QED) is 0.645. The number of hydrogen-bond donors (Lipinski definition) is 1. The highest BCUT2D eigenvalue weighted by Gasteiger charge is 2.30. The zero-order valence-corrected chi connectivity index (χ0v) is 17.9. The molecule has 1 aliphatic rings. The Hall–Kier alpha value is -2.97. The van der Waals surface area contributed by atoms with Crippen molar-refractivity contribution in [3.63, 3.8) is 0 Å². The summed E-state index contributed by atoms with van der Waals surface area (Å²) < 4.78 is 28.5. The number of primary sulfonamides is 1. The van der Waals surface area contributed by atoms with Gasteiger partial charge in [-0.25, -0.2) is 18.4 Å². The van der Waals surface area contributed by atoms with Crippen LogP contribution in [-0.4, -0.2) is 32.5 Å². The highest BCUT2D eigenvalue weighted by atomic mass is 32.2. The molecule has 0 saturated heterocycles. The summed E-state index contributed by atoms with van der Waals surface area (Å²) in [5, 5.41) is 6.19. The monoisotopic (exact) mass is 425 g/mol. The summed E-state index contributed by atoms with van der Waals surface area (Å²) in [7, 11) is -2.40. The number of hydrogen-bond acceptors (Lipinski definition) is 6. The Morgan fingerprint density at radius 2 is 2.00 bits per heavy atom. The van der Waals surface area contributed by atoms with Crippen LogP contribution in [0.3, 0.4) is 0 Å². The number of aromatic nitrogens is 1. The predicted octanol–water partition coefficient (Wildman–Crippen LogP) is 2.93. The van der Waals surface area contributed by atoms with Crippen LogP contribution >= 0.6 is 0 Å². The molecule has 0 amide bonds. The van der Waals surface area contributed by atoms with Gasteiger partial charge in [-0.2, -0.15) is 0 Å². The van der Waals surface area contributed by atoms with E-state index in [-0.39, 0.29) is 10.9 Å². The van der Waals surface area contributed by atoms with Crippen LogP contribution in [0.25, 0.3) is 10.9 Å². The average Bonchev–Trinajstić information content (AvgIpc) is 3.01. The molecule has 3 aromatic rings. The van der Waals surface area contributed by atoms with Crippen LogP contribution in [0.4, 0.5) is 5.69 Å². The number of ether oxygens (including phenoxy) is 1. The van der Waals surface area contributed by atoms with E-state index in [0.717, 1.165) is 27.7 Å². The van der Waals surface area contributed by atoms with Crippen LogP contribution in [-0.2, 0) is 27.7 Å². The van der Waals surface area contributed by atoms with Crippen molar-refractivity contribution in [3.8, 4) is 0 Å². The number of aryl methyl sites for hydroxylation is 1. The lowest BCUT2D eigenvalue weighted by molar-refractivity contribution is 0.0598. The molecule has 0 bridgehead atoms. The van der Waals surface area contributed by atoms with E-state index in [9.17, 15) is 13.2 Å². The lowest BCUT2D eigenvalue weighted by Crippen LogP contribution is -2.30. The number of anilines is 1. The van der Waals surface area contributed by atoms with Crippen molar-refractivity contribution >= 4 is 32.6 Å². The minimum Gasteiger partial charge on any atom is -0.465 e. The third-order valence-electron chi connectivity index (χ3n) is 5.67. The number of carbonyl (C=O) groups is 1. The van der Waals surface area contributed by atoms with Gasteiger partial charge in [0, 0.05) is 17.1 Å². The van der Waals surface area contributed by atoms with Crippen LogP contribution in [0, 0.1) is 6.92 Å². The number of methoxy groups -OCH3 is 1. The molecule has 2 aromatic carbocycles. The van der Waals surface area contributed by atoms with Gasteiger partial charge in [-0.15, -0.1) is 0 Å². The molecule has 7 nitrogen and oxygen atoms in total.